The number of pyridine rings is 1. The summed E-state index contributed by atoms with van der Waals surface area (Å²) in [6.45, 7) is 0. The van der Waals surface area contributed by atoms with Gasteiger partial charge in [0.2, 0.25) is 0 Å². The number of hydrogen-bond acceptors (Lipinski definition) is 5. The van der Waals surface area contributed by atoms with Crippen LogP contribution >= 0.6 is 0 Å². The van der Waals surface area contributed by atoms with E-state index in [9.17, 15) is 9.59 Å². The van der Waals surface area contributed by atoms with Crippen molar-refractivity contribution in [3.8, 4) is 5.75 Å². The number of aromatic nitrogens is 1. The number of ether oxygens (including phenoxy) is 1. The van der Waals surface area contributed by atoms with Crippen LogP contribution in [0.2, 0.25) is 0 Å². The van der Waals surface area contributed by atoms with Gasteiger partial charge in [0.15, 0.2) is 11.2 Å². The second-order valence-corrected chi connectivity index (χ2v) is 4.53. The van der Waals surface area contributed by atoms with Crippen molar-refractivity contribution in [2.45, 2.75) is 0 Å². The molecule has 0 bridgehead atoms. The molecule has 3 aromatic rings. The van der Waals surface area contributed by atoms with Gasteiger partial charge in [0.1, 0.15) is 11.3 Å². The van der Waals surface area contributed by atoms with Crippen molar-refractivity contribution < 1.29 is 13.9 Å². The van der Waals surface area contributed by atoms with E-state index in [1.54, 1.807) is 36.5 Å². The van der Waals surface area contributed by atoms with Crippen LogP contribution in [0, 0.1) is 0 Å². The zero-order chi connectivity index (χ0) is 15.5. The summed E-state index contributed by atoms with van der Waals surface area (Å²) in [5.74, 6) is -0.0262. The Bertz CT molecular complexity index is 888. The van der Waals surface area contributed by atoms with Crippen molar-refractivity contribution in [1.82, 2.24) is 4.98 Å². The zero-order valence-corrected chi connectivity index (χ0v) is 11.7. The van der Waals surface area contributed by atoms with Crippen LogP contribution in [0.3, 0.4) is 0 Å². The van der Waals surface area contributed by atoms with E-state index in [2.05, 4.69) is 10.3 Å². The van der Waals surface area contributed by atoms with Gasteiger partial charge in [-0.2, -0.15) is 0 Å². The third kappa shape index (κ3) is 2.67. The molecule has 110 valence electrons. The minimum Gasteiger partial charge on any atom is -0.497 e. The Morgan fingerprint density at radius 3 is 2.86 bits per heavy atom. The number of anilines is 1. The molecule has 22 heavy (non-hydrogen) atoms. The molecular formula is C16H12N2O4. The van der Waals surface area contributed by atoms with Crippen LogP contribution in [0.4, 0.5) is 5.69 Å². The Morgan fingerprint density at radius 2 is 2.14 bits per heavy atom. The van der Waals surface area contributed by atoms with Crippen molar-refractivity contribution in [1.29, 1.82) is 0 Å². The average Bonchev–Trinajstić information content (AvgIpc) is 2.55. The number of benzene rings is 1. The molecule has 0 fully saturated rings. The lowest BCUT2D eigenvalue weighted by Gasteiger charge is -2.05. The summed E-state index contributed by atoms with van der Waals surface area (Å²) < 4.78 is 10.6. The molecule has 0 radical (unpaired) electrons. The molecule has 2 heterocycles. The van der Waals surface area contributed by atoms with E-state index >= 15 is 0 Å². The molecule has 0 aliphatic heterocycles. The number of methoxy groups -OCH3 is 1. The van der Waals surface area contributed by atoms with Gasteiger partial charge >= 0.3 is 0 Å². The van der Waals surface area contributed by atoms with Crippen LogP contribution in [0.1, 0.15) is 10.6 Å². The first-order valence-electron chi connectivity index (χ1n) is 6.50. The lowest BCUT2D eigenvalue weighted by atomic mass is 10.2. The summed E-state index contributed by atoms with van der Waals surface area (Å²) in [5, 5.41) is 2.97. The predicted molar refractivity (Wildman–Crippen MR) is 81.2 cm³/mol. The van der Waals surface area contributed by atoms with Crippen LogP contribution in [0.5, 0.6) is 5.75 Å². The second-order valence-electron chi connectivity index (χ2n) is 4.53. The molecule has 1 N–H and O–H groups in total. The van der Waals surface area contributed by atoms with Crippen molar-refractivity contribution in [3.05, 3.63) is 64.8 Å². The van der Waals surface area contributed by atoms with Crippen molar-refractivity contribution in [2.24, 2.45) is 0 Å². The van der Waals surface area contributed by atoms with Gasteiger partial charge in [-0.3, -0.25) is 14.6 Å². The molecule has 0 aliphatic carbocycles. The summed E-state index contributed by atoms with van der Waals surface area (Å²) >= 11 is 0. The lowest BCUT2D eigenvalue weighted by Crippen LogP contribution is -2.15. The minimum atomic E-state index is -0.511. The van der Waals surface area contributed by atoms with Gasteiger partial charge < -0.3 is 14.5 Å². The molecule has 0 saturated heterocycles. The third-order valence-electron chi connectivity index (χ3n) is 3.08. The monoisotopic (exact) mass is 296 g/mol. The van der Waals surface area contributed by atoms with Crippen LogP contribution in [-0.2, 0) is 0 Å². The highest BCUT2D eigenvalue weighted by molar-refractivity contribution is 6.02. The summed E-state index contributed by atoms with van der Waals surface area (Å²) in [6, 6.07) is 9.37. The molecule has 3 rings (SSSR count). The van der Waals surface area contributed by atoms with Gasteiger partial charge in [0.05, 0.1) is 24.4 Å². The standard InChI is InChI=1S/C16H12N2O4/c1-21-11-4-5-14-12(7-11)13(19)8-15(22-14)16(20)18-10-3-2-6-17-9-10/h2-9H,1H3,(H,18,20). The van der Waals surface area contributed by atoms with E-state index in [4.69, 9.17) is 9.15 Å². The summed E-state index contributed by atoms with van der Waals surface area (Å²) in [5.41, 5.74) is 0.533. The Morgan fingerprint density at radius 1 is 1.27 bits per heavy atom. The van der Waals surface area contributed by atoms with E-state index in [0.29, 0.717) is 22.4 Å². The Labute approximate surface area is 125 Å². The van der Waals surface area contributed by atoms with Gasteiger partial charge in [-0.1, -0.05) is 0 Å². The van der Waals surface area contributed by atoms with Crippen LogP contribution in [-0.4, -0.2) is 18.0 Å². The van der Waals surface area contributed by atoms with Crippen molar-refractivity contribution in [2.75, 3.05) is 12.4 Å². The van der Waals surface area contributed by atoms with Crippen LogP contribution < -0.4 is 15.5 Å². The first-order chi connectivity index (χ1) is 10.7. The SMILES string of the molecule is COc1ccc2oc(C(=O)Nc3cccnc3)cc(=O)c2c1. The van der Waals surface area contributed by atoms with E-state index < -0.39 is 5.91 Å². The first-order valence-corrected chi connectivity index (χ1v) is 6.50. The average molecular weight is 296 g/mol. The molecule has 0 unspecified atom stereocenters. The fourth-order valence-electron chi connectivity index (χ4n) is 2.00. The largest absolute Gasteiger partial charge is 0.497 e. The molecule has 1 aromatic carbocycles. The van der Waals surface area contributed by atoms with Gasteiger partial charge in [0, 0.05) is 12.3 Å². The molecule has 0 saturated carbocycles. The van der Waals surface area contributed by atoms with Gasteiger partial charge in [-0.25, -0.2) is 0 Å². The van der Waals surface area contributed by atoms with Gasteiger partial charge in [0.25, 0.3) is 5.91 Å². The quantitative estimate of drug-likeness (QED) is 0.803. The zero-order valence-electron chi connectivity index (χ0n) is 11.7. The maximum absolute atomic E-state index is 12.1. The molecule has 6 heteroatoms. The highest BCUT2D eigenvalue weighted by atomic mass is 16.5. The van der Waals surface area contributed by atoms with Gasteiger partial charge in [-0.05, 0) is 30.3 Å². The number of carbonyl (C=O) groups is 1. The number of hydrogen-bond donors (Lipinski definition) is 1. The highest BCUT2D eigenvalue weighted by Crippen LogP contribution is 2.19. The van der Waals surface area contributed by atoms with E-state index in [1.807, 2.05) is 0 Å². The first kappa shape index (κ1) is 13.8. The maximum Gasteiger partial charge on any atom is 0.291 e. The number of fused-ring (bicyclic) bond motifs is 1. The predicted octanol–water partition coefficient (Wildman–Crippen LogP) is 2.45. The summed E-state index contributed by atoms with van der Waals surface area (Å²) in [7, 11) is 1.51. The molecule has 0 atom stereocenters. The van der Waals surface area contributed by atoms with Crippen LogP contribution in [0.15, 0.2) is 58.0 Å². The van der Waals surface area contributed by atoms with Crippen LogP contribution in [0.25, 0.3) is 11.0 Å². The van der Waals surface area contributed by atoms with E-state index in [1.165, 1.54) is 13.3 Å². The highest BCUT2D eigenvalue weighted by Gasteiger charge is 2.13. The summed E-state index contributed by atoms with van der Waals surface area (Å²) in [6.07, 6.45) is 3.10. The number of amides is 1. The second kappa shape index (κ2) is 5.69. The Kier molecular flexibility index (Phi) is 3.57. The van der Waals surface area contributed by atoms with Crippen molar-refractivity contribution >= 4 is 22.6 Å². The fourth-order valence-corrected chi connectivity index (χ4v) is 2.00. The molecular weight excluding hydrogens is 284 g/mol. The molecule has 2 aromatic heterocycles. The number of carbonyl (C=O) groups excluding carboxylic acids is 1. The fraction of sp³-hybridized carbons (Fsp3) is 0.0625. The molecule has 1 amide bonds. The lowest BCUT2D eigenvalue weighted by molar-refractivity contribution is 0.0997. The maximum atomic E-state index is 12.1. The number of nitrogens with zero attached hydrogens (tertiary/aromatic N) is 1. The Hall–Kier alpha value is -3.15. The van der Waals surface area contributed by atoms with E-state index in [0.717, 1.165) is 6.07 Å². The summed E-state index contributed by atoms with van der Waals surface area (Å²) in [4.78, 5) is 28.2. The third-order valence-corrected chi connectivity index (χ3v) is 3.08. The molecule has 0 aliphatic rings. The number of rotatable bonds is 3. The molecule has 0 spiro atoms. The van der Waals surface area contributed by atoms with E-state index in [-0.39, 0.29) is 11.2 Å². The number of nitrogens with one attached hydrogen (secondary N) is 1. The smallest absolute Gasteiger partial charge is 0.291 e. The normalized spacial score (nSPS) is 10.4. The van der Waals surface area contributed by atoms with Gasteiger partial charge in [-0.15, -0.1) is 0 Å². The van der Waals surface area contributed by atoms with Crippen molar-refractivity contribution in [3.63, 3.8) is 0 Å². The topological polar surface area (TPSA) is 81.4 Å². The Balaban J connectivity index is 1.98. The minimum absolute atomic E-state index is 0.0634. The molecule has 6 nitrogen and oxygen atoms in total.